The van der Waals surface area contributed by atoms with E-state index in [0.29, 0.717) is 29.3 Å². The van der Waals surface area contributed by atoms with Gasteiger partial charge in [-0.25, -0.2) is 0 Å². The lowest BCUT2D eigenvalue weighted by molar-refractivity contribution is 0.0925. The molecule has 122 valence electrons. The van der Waals surface area contributed by atoms with Crippen LogP contribution in [0.4, 0.5) is 0 Å². The van der Waals surface area contributed by atoms with Gasteiger partial charge in [0.25, 0.3) is 5.91 Å². The average molecular weight is 316 g/mol. The smallest absolute Gasteiger partial charge is 0.287 e. The highest BCUT2D eigenvalue weighted by Crippen LogP contribution is 2.19. The van der Waals surface area contributed by atoms with Crippen molar-refractivity contribution in [2.45, 2.75) is 25.3 Å². The standard InChI is InChI=1S/C17H20N2O4/c1-22-12-4-5-13-14(20)10-16(23-15(13)9-12)17(21)19-8-6-11-3-2-7-18-11/h4-5,9-11,18H,2-3,6-8H2,1H3,(H,19,21). The molecule has 1 aromatic heterocycles. The van der Waals surface area contributed by atoms with Crippen LogP contribution >= 0.6 is 0 Å². The molecule has 1 amide bonds. The number of benzene rings is 1. The van der Waals surface area contributed by atoms with Crippen molar-refractivity contribution in [2.75, 3.05) is 20.2 Å². The van der Waals surface area contributed by atoms with Crippen LogP contribution in [0.1, 0.15) is 29.8 Å². The van der Waals surface area contributed by atoms with E-state index in [-0.39, 0.29) is 17.1 Å². The second-order valence-electron chi connectivity index (χ2n) is 5.67. The minimum atomic E-state index is -0.371. The van der Waals surface area contributed by atoms with Gasteiger partial charge in [-0.2, -0.15) is 0 Å². The van der Waals surface area contributed by atoms with Crippen molar-refractivity contribution < 1.29 is 13.9 Å². The summed E-state index contributed by atoms with van der Waals surface area (Å²) in [5.41, 5.74) is 0.107. The predicted molar refractivity (Wildman–Crippen MR) is 87.0 cm³/mol. The van der Waals surface area contributed by atoms with Crippen LogP contribution in [0.2, 0.25) is 0 Å². The van der Waals surface area contributed by atoms with Crippen molar-refractivity contribution >= 4 is 16.9 Å². The minimum absolute atomic E-state index is 0.0233. The topological polar surface area (TPSA) is 80.6 Å². The third-order valence-corrected chi connectivity index (χ3v) is 4.10. The molecule has 1 aliphatic rings. The lowest BCUT2D eigenvalue weighted by Gasteiger charge is -2.10. The molecule has 2 heterocycles. The first kappa shape index (κ1) is 15.6. The maximum atomic E-state index is 12.2. The first-order chi connectivity index (χ1) is 11.2. The fourth-order valence-electron chi connectivity index (χ4n) is 2.82. The van der Waals surface area contributed by atoms with E-state index < -0.39 is 0 Å². The van der Waals surface area contributed by atoms with Gasteiger partial charge in [0.15, 0.2) is 11.2 Å². The molecule has 23 heavy (non-hydrogen) atoms. The van der Waals surface area contributed by atoms with Crippen molar-refractivity contribution in [3.63, 3.8) is 0 Å². The summed E-state index contributed by atoms with van der Waals surface area (Å²) in [7, 11) is 1.53. The van der Waals surface area contributed by atoms with E-state index in [1.165, 1.54) is 19.6 Å². The Labute approximate surface area is 133 Å². The maximum Gasteiger partial charge on any atom is 0.287 e. The number of hydrogen-bond donors (Lipinski definition) is 2. The first-order valence-corrected chi connectivity index (χ1v) is 7.81. The van der Waals surface area contributed by atoms with Crippen molar-refractivity contribution in [2.24, 2.45) is 0 Å². The Morgan fingerprint density at radius 1 is 1.43 bits per heavy atom. The summed E-state index contributed by atoms with van der Waals surface area (Å²) in [5.74, 6) is 0.227. The first-order valence-electron chi connectivity index (χ1n) is 7.81. The molecule has 1 aliphatic heterocycles. The molecule has 1 saturated heterocycles. The number of ether oxygens (including phenoxy) is 1. The van der Waals surface area contributed by atoms with Crippen molar-refractivity contribution in [1.29, 1.82) is 0 Å². The number of methoxy groups -OCH3 is 1. The Balaban J connectivity index is 1.73. The van der Waals surface area contributed by atoms with Crippen molar-refractivity contribution in [1.82, 2.24) is 10.6 Å². The van der Waals surface area contributed by atoms with Gasteiger partial charge >= 0.3 is 0 Å². The molecule has 0 bridgehead atoms. The van der Waals surface area contributed by atoms with Gasteiger partial charge in [0.05, 0.1) is 12.5 Å². The average Bonchev–Trinajstić information content (AvgIpc) is 3.07. The Morgan fingerprint density at radius 3 is 3.04 bits per heavy atom. The van der Waals surface area contributed by atoms with Gasteiger partial charge < -0.3 is 19.8 Å². The van der Waals surface area contributed by atoms with E-state index in [9.17, 15) is 9.59 Å². The fourth-order valence-corrected chi connectivity index (χ4v) is 2.82. The van der Waals surface area contributed by atoms with E-state index in [1.807, 2.05) is 0 Å². The van der Waals surface area contributed by atoms with E-state index in [1.54, 1.807) is 18.2 Å². The van der Waals surface area contributed by atoms with E-state index in [2.05, 4.69) is 10.6 Å². The monoisotopic (exact) mass is 316 g/mol. The molecule has 2 aromatic rings. The summed E-state index contributed by atoms with van der Waals surface area (Å²) in [4.78, 5) is 24.3. The zero-order valence-electron chi connectivity index (χ0n) is 13.1. The SMILES string of the molecule is COc1ccc2c(=O)cc(C(=O)NCCC3CCCN3)oc2c1. The van der Waals surface area contributed by atoms with Gasteiger partial charge in [-0.1, -0.05) is 0 Å². The molecule has 3 rings (SSSR count). The maximum absolute atomic E-state index is 12.2. The summed E-state index contributed by atoms with van der Waals surface area (Å²) in [5, 5.41) is 6.61. The molecule has 1 fully saturated rings. The third-order valence-electron chi connectivity index (χ3n) is 4.10. The highest BCUT2D eigenvalue weighted by atomic mass is 16.5. The van der Waals surface area contributed by atoms with Gasteiger partial charge in [0.1, 0.15) is 11.3 Å². The molecule has 0 radical (unpaired) electrons. The normalized spacial score (nSPS) is 17.3. The van der Waals surface area contributed by atoms with Crippen LogP contribution in [0.3, 0.4) is 0 Å². The number of carbonyl (C=O) groups is 1. The zero-order valence-corrected chi connectivity index (χ0v) is 13.1. The quantitative estimate of drug-likeness (QED) is 0.877. The van der Waals surface area contributed by atoms with Crippen molar-refractivity contribution in [3.8, 4) is 5.75 Å². The predicted octanol–water partition coefficient (Wildman–Crippen LogP) is 1.67. The number of hydrogen-bond acceptors (Lipinski definition) is 5. The molecule has 6 nitrogen and oxygen atoms in total. The second kappa shape index (κ2) is 6.83. The van der Waals surface area contributed by atoms with Gasteiger partial charge in [-0.15, -0.1) is 0 Å². The second-order valence-corrected chi connectivity index (χ2v) is 5.67. The summed E-state index contributed by atoms with van der Waals surface area (Å²) in [6.07, 6.45) is 3.19. The minimum Gasteiger partial charge on any atom is -0.497 e. The molecule has 0 aliphatic carbocycles. The zero-order chi connectivity index (χ0) is 16.2. The summed E-state index contributed by atoms with van der Waals surface area (Å²) in [6.45, 7) is 1.59. The molecule has 0 saturated carbocycles. The molecular formula is C17H20N2O4. The summed E-state index contributed by atoms with van der Waals surface area (Å²) >= 11 is 0. The van der Waals surface area contributed by atoms with E-state index in [0.717, 1.165) is 19.4 Å². The Hall–Kier alpha value is -2.34. The molecule has 1 unspecified atom stereocenters. The number of rotatable bonds is 5. The van der Waals surface area contributed by atoms with Crippen LogP contribution in [-0.2, 0) is 0 Å². The van der Waals surface area contributed by atoms with Crippen molar-refractivity contribution in [3.05, 3.63) is 40.2 Å². The Morgan fingerprint density at radius 2 is 2.30 bits per heavy atom. The largest absolute Gasteiger partial charge is 0.497 e. The van der Waals surface area contributed by atoms with Gasteiger partial charge in [0.2, 0.25) is 0 Å². The lowest BCUT2D eigenvalue weighted by atomic mass is 10.1. The Kier molecular flexibility index (Phi) is 4.62. The van der Waals surface area contributed by atoms with Gasteiger partial charge in [0, 0.05) is 24.7 Å². The molecule has 2 N–H and O–H groups in total. The number of amides is 1. The van der Waals surface area contributed by atoms with Crippen LogP contribution in [-0.4, -0.2) is 32.1 Å². The number of carbonyl (C=O) groups excluding carboxylic acids is 1. The fraction of sp³-hybridized carbons (Fsp3) is 0.412. The van der Waals surface area contributed by atoms with E-state index in [4.69, 9.17) is 9.15 Å². The van der Waals surface area contributed by atoms with Crippen LogP contribution in [0.5, 0.6) is 5.75 Å². The highest BCUT2D eigenvalue weighted by Gasteiger charge is 2.16. The molecule has 1 aromatic carbocycles. The lowest BCUT2D eigenvalue weighted by Crippen LogP contribution is -2.31. The van der Waals surface area contributed by atoms with Crippen LogP contribution < -0.4 is 20.8 Å². The van der Waals surface area contributed by atoms with Crippen LogP contribution in [0.25, 0.3) is 11.0 Å². The molecule has 1 atom stereocenters. The summed E-state index contributed by atoms with van der Waals surface area (Å²) in [6, 6.07) is 6.62. The Bertz CT molecular complexity index is 763. The number of fused-ring (bicyclic) bond motifs is 1. The van der Waals surface area contributed by atoms with Gasteiger partial charge in [-0.3, -0.25) is 9.59 Å². The third kappa shape index (κ3) is 3.53. The molecule has 6 heteroatoms. The van der Waals surface area contributed by atoms with E-state index >= 15 is 0 Å². The molecule has 0 spiro atoms. The summed E-state index contributed by atoms with van der Waals surface area (Å²) < 4.78 is 10.7. The number of nitrogens with one attached hydrogen (secondary N) is 2. The van der Waals surface area contributed by atoms with Gasteiger partial charge in [-0.05, 0) is 37.9 Å². The van der Waals surface area contributed by atoms with Crippen LogP contribution in [0.15, 0.2) is 33.5 Å². The van der Waals surface area contributed by atoms with Crippen LogP contribution in [0, 0.1) is 0 Å². The molecular weight excluding hydrogens is 296 g/mol. The highest BCUT2D eigenvalue weighted by molar-refractivity contribution is 5.93.